The standard InChI is InChI=1S/C20H18Cl2N4S/c1-14-17(21)9-4-10-19(14)24-20(27)25-23-12-16-7-5-11-26(16)13-15-6-2-3-8-18(15)22/h2-12H,13H2,1H3,(H2,24,25,27)/b23-12+. The van der Waals surface area contributed by atoms with Gasteiger partial charge in [0.25, 0.3) is 0 Å². The lowest BCUT2D eigenvalue weighted by molar-refractivity contribution is 0.799. The summed E-state index contributed by atoms with van der Waals surface area (Å²) < 4.78 is 2.06. The summed E-state index contributed by atoms with van der Waals surface area (Å²) in [5, 5.41) is 9.13. The van der Waals surface area contributed by atoms with Crippen LogP contribution < -0.4 is 10.7 Å². The van der Waals surface area contributed by atoms with Crippen LogP contribution in [0.4, 0.5) is 5.69 Å². The lowest BCUT2D eigenvalue weighted by Gasteiger charge is -2.11. The molecule has 7 heteroatoms. The van der Waals surface area contributed by atoms with Crippen LogP contribution in [0.15, 0.2) is 65.9 Å². The maximum absolute atomic E-state index is 6.25. The molecular weight excluding hydrogens is 399 g/mol. The maximum Gasteiger partial charge on any atom is 0.191 e. The molecule has 0 fully saturated rings. The molecule has 3 aromatic rings. The summed E-state index contributed by atoms with van der Waals surface area (Å²) in [7, 11) is 0. The van der Waals surface area contributed by atoms with Gasteiger partial charge in [0.15, 0.2) is 5.11 Å². The first-order chi connectivity index (χ1) is 13.0. The highest BCUT2D eigenvalue weighted by atomic mass is 35.5. The molecule has 27 heavy (non-hydrogen) atoms. The van der Waals surface area contributed by atoms with Crippen molar-refractivity contribution in [1.82, 2.24) is 9.99 Å². The van der Waals surface area contributed by atoms with E-state index in [-0.39, 0.29) is 0 Å². The molecule has 0 saturated carbocycles. The van der Waals surface area contributed by atoms with Crippen molar-refractivity contribution in [3.8, 4) is 0 Å². The number of aromatic nitrogens is 1. The second-order valence-corrected chi connectivity index (χ2v) is 7.11. The van der Waals surface area contributed by atoms with Crippen LogP contribution >= 0.6 is 35.4 Å². The van der Waals surface area contributed by atoms with Gasteiger partial charge >= 0.3 is 0 Å². The number of thiocarbonyl (C=S) groups is 1. The first kappa shape index (κ1) is 19.4. The molecule has 1 aromatic heterocycles. The number of nitrogens with one attached hydrogen (secondary N) is 2. The normalized spacial score (nSPS) is 10.9. The molecule has 4 nitrogen and oxygen atoms in total. The number of halogens is 2. The van der Waals surface area contributed by atoms with Crippen molar-refractivity contribution >= 4 is 52.4 Å². The van der Waals surface area contributed by atoms with Crippen molar-refractivity contribution < 1.29 is 0 Å². The Balaban J connectivity index is 1.62. The molecule has 0 amide bonds. The summed E-state index contributed by atoms with van der Waals surface area (Å²) in [6, 6.07) is 17.3. The molecule has 3 rings (SSSR count). The first-order valence-electron chi connectivity index (χ1n) is 8.28. The topological polar surface area (TPSA) is 41.4 Å². The molecule has 0 aliphatic heterocycles. The molecular formula is C20H18Cl2N4S. The van der Waals surface area contributed by atoms with Crippen LogP contribution in [0.5, 0.6) is 0 Å². The Labute approximate surface area is 173 Å². The molecule has 2 aromatic carbocycles. The van der Waals surface area contributed by atoms with E-state index in [1.165, 1.54) is 0 Å². The van der Waals surface area contributed by atoms with Crippen molar-refractivity contribution in [2.24, 2.45) is 5.10 Å². The molecule has 138 valence electrons. The molecule has 2 N–H and O–H groups in total. The minimum Gasteiger partial charge on any atom is -0.342 e. The van der Waals surface area contributed by atoms with Crippen molar-refractivity contribution in [3.63, 3.8) is 0 Å². The monoisotopic (exact) mass is 416 g/mol. The molecule has 0 radical (unpaired) electrons. The Hall–Kier alpha value is -2.34. The SMILES string of the molecule is Cc1c(Cl)cccc1NC(=S)N/N=C/c1cccn1Cc1ccccc1Cl. The minimum absolute atomic E-state index is 0.390. The second-order valence-electron chi connectivity index (χ2n) is 5.89. The van der Waals surface area contributed by atoms with Crippen LogP contribution in [0.3, 0.4) is 0 Å². The highest BCUT2D eigenvalue weighted by Gasteiger charge is 2.05. The van der Waals surface area contributed by atoms with Crippen molar-refractivity contribution in [2.45, 2.75) is 13.5 Å². The Morgan fingerprint density at radius 2 is 1.85 bits per heavy atom. The van der Waals surface area contributed by atoms with Crippen LogP contribution in [-0.4, -0.2) is 15.9 Å². The zero-order valence-electron chi connectivity index (χ0n) is 14.6. The van der Waals surface area contributed by atoms with Gasteiger partial charge in [-0.2, -0.15) is 5.10 Å². The van der Waals surface area contributed by atoms with E-state index in [0.717, 1.165) is 27.5 Å². The van der Waals surface area contributed by atoms with Gasteiger partial charge < -0.3 is 9.88 Å². The van der Waals surface area contributed by atoms with Gasteiger partial charge in [-0.1, -0.05) is 47.5 Å². The highest BCUT2D eigenvalue weighted by molar-refractivity contribution is 7.80. The Morgan fingerprint density at radius 3 is 2.67 bits per heavy atom. The van der Waals surface area contributed by atoms with Crippen LogP contribution in [-0.2, 0) is 6.54 Å². The molecule has 0 saturated heterocycles. The number of hydrogen-bond donors (Lipinski definition) is 2. The lowest BCUT2D eigenvalue weighted by atomic mass is 10.2. The summed E-state index contributed by atoms with van der Waals surface area (Å²) in [4.78, 5) is 0. The van der Waals surface area contributed by atoms with Crippen molar-refractivity contribution in [2.75, 3.05) is 5.32 Å². The van der Waals surface area contributed by atoms with Crippen molar-refractivity contribution in [1.29, 1.82) is 0 Å². The third-order valence-corrected chi connectivity index (χ3v) is 5.01. The largest absolute Gasteiger partial charge is 0.342 e. The third kappa shape index (κ3) is 5.10. The van der Waals surface area contributed by atoms with E-state index in [2.05, 4.69) is 20.4 Å². The van der Waals surface area contributed by atoms with E-state index in [9.17, 15) is 0 Å². The average molecular weight is 417 g/mol. The zero-order valence-corrected chi connectivity index (χ0v) is 16.9. The van der Waals surface area contributed by atoms with Gasteiger partial charge in [-0.25, -0.2) is 0 Å². The molecule has 1 heterocycles. The molecule has 0 bridgehead atoms. The Morgan fingerprint density at radius 1 is 1.07 bits per heavy atom. The third-order valence-electron chi connectivity index (χ3n) is 4.04. The number of hydrazone groups is 1. The van der Waals surface area contributed by atoms with E-state index in [4.69, 9.17) is 35.4 Å². The fourth-order valence-corrected chi connectivity index (χ4v) is 3.08. The minimum atomic E-state index is 0.390. The Bertz CT molecular complexity index is 982. The average Bonchev–Trinajstić information content (AvgIpc) is 3.08. The number of hydrogen-bond acceptors (Lipinski definition) is 2. The quantitative estimate of drug-likeness (QED) is 0.329. The van der Waals surface area contributed by atoms with E-state index in [1.54, 1.807) is 6.21 Å². The molecule has 0 spiro atoms. The van der Waals surface area contributed by atoms with Gasteiger partial charge in [-0.3, -0.25) is 5.43 Å². The number of nitrogens with zero attached hydrogens (tertiary/aromatic N) is 2. The van der Waals surface area contributed by atoms with E-state index < -0.39 is 0 Å². The molecule has 0 aliphatic rings. The lowest BCUT2D eigenvalue weighted by Crippen LogP contribution is -2.24. The smallest absolute Gasteiger partial charge is 0.191 e. The number of benzene rings is 2. The van der Waals surface area contributed by atoms with E-state index in [1.807, 2.05) is 67.7 Å². The fraction of sp³-hybridized carbons (Fsp3) is 0.100. The van der Waals surface area contributed by atoms with Crippen molar-refractivity contribution in [3.05, 3.63) is 87.7 Å². The van der Waals surface area contributed by atoms with E-state index in [0.29, 0.717) is 16.7 Å². The van der Waals surface area contributed by atoms with Gasteiger partial charge in [0.2, 0.25) is 0 Å². The van der Waals surface area contributed by atoms with Gasteiger partial charge in [-0.15, -0.1) is 0 Å². The molecule has 0 aliphatic carbocycles. The zero-order chi connectivity index (χ0) is 19.2. The second kappa shape index (κ2) is 9.04. The van der Waals surface area contributed by atoms with Gasteiger partial charge in [-0.05, 0) is 60.6 Å². The number of rotatable bonds is 5. The Kier molecular flexibility index (Phi) is 6.50. The maximum atomic E-state index is 6.25. The summed E-state index contributed by atoms with van der Waals surface area (Å²) >= 11 is 17.7. The summed E-state index contributed by atoms with van der Waals surface area (Å²) in [5.41, 5.74) is 6.58. The highest BCUT2D eigenvalue weighted by Crippen LogP contribution is 2.22. The van der Waals surface area contributed by atoms with E-state index >= 15 is 0 Å². The summed E-state index contributed by atoms with van der Waals surface area (Å²) in [6.45, 7) is 2.59. The van der Waals surface area contributed by atoms with Crippen LogP contribution in [0.2, 0.25) is 10.0 Å². The fourth-order valence-electron chi connectivity index (χ4n) is 2.55. The molecule has 0 atom stereocenters. The molecule has 0 unspecified atom stereocenters. The predicted octanol–water partition coefficient (Wildman–Crippen LogP) is 5.47. The van der Waals surface area contributed by atoms with Gasteiger partial charge in [0.1, 0.15) is 0 Å². The predicted molar refractivity (Wildman–Crippen MR) is 118 cm³/mol. The summed E-state index contributed by atoms with van der Waals surface area (Å²) in [5.74, 6) is 0. The first-order valence-corrected chi connectivity index (χ1v) is 9.45. The summed E-state index contributed by atoms with van der Waals surface area (Å²) in [6.07, 6.45) is 3.70. The van der Waals surface area contributed by atoms with Crippen LogP contribution in [0.25, 0.3) is 0 Å². The van der Waals surface area contributed by atoms with Gasteiger partial charge in [0, 0.05) is 28.5 Å². The van der Waals surface area contributed by atoms with Gasteiger partial charge in [0.05, 0.1) is 11.9 Å². The van der Waals surface area contributed by atoms with Crippen LogP contribution in [0.1, 0.15) is 16.8 Å². The number of anilines is 1. The van der Waals surface area contributed by atoms with Crippen LogP contribution in [0, 0.1) is 6.92 Å².